The van der Waals surface area contributed by atoms with Crippen LogP contribution in [0.4, 0.5) is 4.39 Å². The summed E-state index contributed by atoms with van der Waals surface area (Å²) in [7, 11) is 1.40. The van der Waals surface area contributed by atoms with Crippen LogP contribution in [0.2, 0.25) is 0 Å². The topological polar surface area (TPSA) is 55.5 Å². The van der Waals surface area contributed by atoms with Gasteiger partial charge in [-0.2, -0.15) is 0 Å². The van der Waals surface area contributed by atoms with Crippen LogP contribution in [0.5, 0.6) is 5.75 Å². The number of benzene rings is 2. The van der Waals surface area contributed by atoms with Gasteiger partial charge in [0.05, 0.1) is 19.3 Å². The van der Waals surface area contributed by atoms with Gasteiger partial charge in [-0.15, -0.1) is 0 Å². The maximum atomic E-state index is 13.4. The van der Waals surface area contributed by atoms with Crippen LogP contribution in [0.15, 0.2) is 48.5 Å². The molecule has 2 rings (SSSR count). The van der Waals surface area contributed by atoms with Crippen molar-refractivity contribution in [2.75, 3.05) is 7.11 Å². The monoisotopic (exact) mass is 275 g/mol. The van der Waals surface area contributed by atoms with E-state index in [2.05, 4.69) is 0 Å². The number of hydrogen-bond donors (Lipinski definition) is 2. The lowest BCUT2D eigenvalue weighted by atomic mass is 9.96. The first-order valence-corrected chi connectivity index (χ1v) is 6.43. The summed E-state index contributed by atoms with van der Waals surface area (Å²) in [5, 5.41) is 10.2. The molecule has 3 nitrogen and oxygen atoms in total. The predicted molar refractivity (Wildman–Crippen MR) is 76.0 cm³/mol. The van der Waals surface area contributed by atoms with Crippen LogP contribution in [0.3, 0.4) is 0 Å². The molecule has 106 valence electrons. The minimum Gasteiger partial charge on any atom is -0.494 e. The molecule has 2 aromatic rings. The van der Waals surface area contributed by atoms with Crippen LogP contribution in [0.1, 0.15) is 17.2 Å². The number of rotatable bonds is 5. The molecule has 0 aromatic heterocycles. The molecule has 0 amide bonds. The average Bonchev–Trinajstić information content (AvgIpc) is 2.48. The summed E-state index contributed by atoms with van der Waals surface area (Å²) < 4.78 is 18.3. The molecule has 3 N–H and O–H groups in total. The van der Waals surface area contributed by atoms with Gasteiger partial charge in [-0.1, -0.05) is 36.4 Å². The average molecular weight is 275 g/mol. The zero-order valence-corrected chi connectivity index (χ0v) is 11.3. The van der Waals surface area contributed by atoms with E-state index in [-0.39, 0.29) is 5.75 Å². The highest BCUT2D eigenvalue weighted by Crippen LogP contribution is 2.24. The van der Waals surface area contributed by atoms with Gasteiger partial charge in [0, 0.05) is 6.42 Å². The molecule has 0 radical (unpaired) electrons. The maximum Gasteiger partial charge on any atom is 0.165 e. The zero-order valence-electron chi connectivity index (χ0n) is 11.3. The van der Waals surface area contributed by atoms with Gasteiger partial charge in [0.15, 0.2) is 11.6 Å². The Morgan fingerprint density at radius 3 is 2.55 bits per heavy atom. The number of aliphatic hydroxyl groups excluding tert-OH is 1. The highest BCUT2D eigenvalue weighted by molar-refractivity contribution is 5.32. The summed E-state index contributed by atoms with van der Waals surface area (Å²) >= 11 is 0. The van der Waals surface area contributed by atoms with E-state index < -0.39 is 18.0 Å². The molecular weight excluding hydrogens is 257 g/mol. The molecule has 20 heavy (non-hydrogen) atoms. The van der Waals surface area contributed by atoms with Crippen molar-refractivity contribution in [3.63, 3.8) is 0 Å². The number of hydrogen-bond acceptors (Lipinski definition) is 3. The molecule has 0 aliphatic heterocycles. The summed E-state index contributed by atoms with van der Waals surface area (Å²) in [5.74, 6) is -0.314. The summed E-state index contributed by atoms with van der Waals surface area (Å²) in [5.41, 5.74) is 7.68. The van der Waals surface area contributed by atoms with Crippen LogP contribution in [-0.2, 0) is 6.42 Å². The van der Waals surface area contributed by atoms with E-state index in [1.807, 2.05) is 30.3 Å². The third kappa shape index (κ3) is 3.35. The van der Waals surface area contributed by atoms with Crippen LogP contribution in [0, 0.1) is 5.82 Å². The van der Waals surface area contributed by atoms with Crippen molar-refractivity contribution in [1.29, 1.82) is 0 Å². The van der Waals surface area contributed by atoms with Crippen molar-refractivity contribution in [1.82, 2.24) is 0 Å². The Labute approximate surface area is 117 Å². The smallest absolute Gasteiger partial charge is 0.165 e. The largest absolute Gasteiger partial charge is 0.494 e. The van der Waals surface area contributed by atoms with Gasteiger partial charge in [-0.05, 0) is 23.3 Å². The number of methoxy groups -OCH3 is 1. The minimum atomic E-state index is -0.743. The number of aliphatic hydroxyl groups is 1. The molecule has 0 bridgehead atoms. The number of nitrogens with two attached hydrogens (primary N) is 1. The van der Waals surface area contributed by atoms with Gasteiger partial charge >= 0.3 is 0 Å². The second-order valence-corrected chi connectivity index (χ2v) is 4.68. The Morgan fingerprint density at radius 2 is 1.90 bits per heavy atom. The molecule has 0 heterocycles. The predicted octanol–water partition coefficient (Wildman–Crippen LogP) is 2.44. The normalized spacial score (nSPS) is 13.8. The highest BCUT2D eigenvalue weighted by atomic mass is 19.1. The van der Waals surface area contributed by atoms with Gasteiger partial charge in [0.1, 0.15) is 0 Å². The third-order valence-corrected chi connectivity index (χ3v) is 3.26. The number of halogens is 1. The van der Waals surface area contributed by atoms with E-state index in [1.165, 1.54) is 19.2 Å². The van der Waals surface area contributed by atoms with Crippen LogP contribution in [-0.4, -0.2) is 18.3 Å². The van der Waals surface area contributed by atoms with Crippen LogP contribution >= 0.6 is 0 Å². The summed E-state index contributed by atoms with van der Waals surface area (Å²) in [6.07, 6.45) is -0.297. The Bertz CT molecular complexity index is 560. The molecular formula is C16H18FNO2. The van der Waals surface area contributed by atoms with Crippen LogP contribution in [0.25, 0.3) is 0 Å². The van der Waals surface area contributed by atoms with Crippen molar-refractivity contribution in [2.45, 2.75) is 18.6 Å². The van der Waals surface area contributed by atoms with Crippen LogP contribution < -0.4 is 10.5 Å². The molecule has 4 heteroatoms. The molecule has 0 fully saturated rings. The Morgan fingerprint density at radius 1 is 1.20 bits per heavy atom. The Kier molecular flexibility index (Phi) is 4.71. The van der Waals surface area contributed by atoms with Gasteiger partial charge in [-0.3, -0.25) is 0 Å². The van der Waals surface area contributed by atoms with E-state index in [0.717, 1.165) is 5.56 Å². The standard InChI is InChI=1S/C16H18FNO2/c1-20-15-10-12(7-8-13(15)17)16(18)14(19)9-11-5-3-2-4-6-11/h2-8,10,14,16,19H,9,18H2,1H3/t14-,16+/m0/s1. The second kappa shape index (κ2) is 6.50. The highest BCUT2D eigenvalue weighted by Gasteiger charge is 2.18. The van der Waals surface area contributed by atoms with E-state index in [1.54, 1.807) is 6.07 Å². The lowest BCUT2D eigenvalue weighted by Crippen LogP contribution is -2.28. The fourth-order valence-electron chi connectivity index (χ4n) is 2.09. The van der Waals surface area contributed by atoms with Crippen molar-refractivity contribution in [3.8, 4) is 5.75 Å². The summed E-state index contributed by atoms with van der Waals surface area (Å²) in [6.45, 7) is 0. The lowest BCUT2D eigenvalue weighted by molar-refractivity contribution is 0.145. The molecule has 2 aromatic carbocycles. The lowest BCUT2D eigenvalue weighted by Gasteiger charge is -2.20. The first kappa shape index (κ1) is 14.5. The fourth-order valence-corrected chi connectivity index (χ4v) is 2.09. The summed E-state index contributed by atoms with van der Waals surface area (Å²) in [4.78, 5) is 0. The van der Waals surface area contributed by atoms with Gasteiger partial charge in [0.25, 0.3) is 0 Å². The van der Waals surface area contributed by atoms with Crippen molar-refractivity contribution in [2.24, 2.45) is 5.73 Å². The van der Waals surface area contributed by atoms with Crippen molar-refractivity contribution >= 4 is 0 Å². The van der Waals surface area contributed by atoms with Crippen molar-refractivity contribution in [3.05, 3.63) is 65.5 Å². The van der Waals surface area contributed by atoms with Gasteiger partial charge in [0.2, 0.25) is 0 Å². The molecule has 0 spiro atoms. The molecule has 0 unspecified atom stereocenters. The molecule has 0 aliphatic rings. The second-order valence-electron chi connectivity index (χ2n) is 4.68. The minimum absolute atomic E-state index is 0.130. The van der Waals surface area contributed by atoms with Gasteiger partial charge < -0.3 is 15.6 Å². The molecule has 2 atom stereocenters. The quantitative estimate of drug-likeness (QED) is 0.881. The molecule has 0 saturated heterocycles. The van der Waals surface area contributed by atoms with Gasteiger partial charge in [-0.25, -0.2) is 4.39 Å². The molecule has 0 aliphatic carbocycles. The number of ether oxygens (including phenoxy) is 1. The van der Waals surface area contributed by atoms with Crippen molar-refractivity contribution < 1.29 is 14.2 Å². The fraction of sp³-hybridized carbons (Fsp3) is 0.250. The first-order valence-electron chi connectivity index (χ1n) is 6.43. The summed E-state index contributed by atoms with van der Waals surface area (Å²) in [6, 6.07) is 13.4. The Hall–Kier alpha value is -1.91. The van der Waals surface area contributed by atoms with E-state index >= 15 is 0 Å². The zero-order chi connectivity index (χ0) is 14.5. The first-order chi connectivity index (χ1) is 9.61. The van der Waals surface area contributed by atoms with E-state index in [4.69, 9.17) is 10.5 Å². The van der Waals surface area contributed by atoms with E-state index in [0.29, 0.717) is 12.0 Å². The SMILES string of the molecule is COc1cc([C@@H](N)[C@@H](O)Cc2ccccc2)ccc1F. The third-order valence-electron chi connectivity index (χ3n) is 3.26. The molecule has 0 saturated carbocycles. The Balaban J connectivity index is 2.12. The maximum absolute atomic E-state index is 13.4. The van der Waals surface area contributed by atoms with E-state index in [9.17, 15) is 9.50 Å².